The molecule has 0 bridgehead atoms. The zero-order valence-corrected chi connectivity index (χ0v) is 17.3. The van der Waals surface area contributed by atoms with Gasteiger partial charge < -0.3 is 14.6 Å². The van der Waals surface area contributed by atoms with Crippen molar-refractivity contribution in [3.63, 3.8) is 0 Å². The van der Waals surface area contributed by atoms with E-state index in [1.807, 2.05) is 23.6 Å². The molecule has 1 aromatic carbocycles. The molecule has 0 saturated carbocycles. The Hall–Kier alpha value is -3.01. The number of ether oxygens (including phenoxy) is 1. The summed E-state index contributed by atoms with van der Waals surface area (Å²) < 4.78 is 31.6. The number of hydrogen-bond donors (Lipinski definition) is 1. The van der Waals surface area contributed by atoms with Crippen molar-refractivity contribution in [2.45, 2.75) is 43.8 Å². The van der Waals surface area contributed by atoms with Crippen LogP contribution in [0.25, 0.3) is 11.4 Å². The van der Waals surface area contributed by atoms with Gasteiger partial charge in [-0.2, -0.15) is 8.78 Å². The van der Waals surface area contributed by atoms with Gasteiger partial charge in [0.2, 0.25) is 5.91 Å². The van der Waals surface area contributed by atoms with E-state index in [4.69, 9.17) is 0 Å². The first kappa shape index (κ1) is 21.7. The summed E-state index contributed by atoms with van der Waals surface area (Å²) in [6, 6.07) is 9.76. The lowest BCUT2D eigenvalue weighted by Gasteiger charge is -2.15. The number of carbonyl (C=O) groups excluding carboxylic acids is 1. The summed E-state index contributed by atoms with van der Waals surface area (Å²) >= 11 is 1.25. The number of pyridine rings is 1. The second kappa shape index (κ2) is 10.1. The minimum absolute atomic E-state index is 0.0906. The molecule has 30 heavy (non-hydrogen) atoms. The summed E-state index contributed by atoms with van der Waals surface area (Å²) in [6.07, 6.45) is 4.23. The molecule has 2 aromatic heterocycles. The highest BCUT2D eigenvalue weighted by Crippen LogP contribution is 2.29. The summed E-state index contributed by atoms with van der Waals surface area (Å²) in [5, 5.41) is 11.2. The lowest BCUT2D eigenvalue weighted by Crippen LogP contribution is -2.23. The smallest absolute Gasteiger partial charge is 0.387 e. The molecule has 1 atom stereocenters. The Kier molecular flexibility index (Phi) is 7.34. The van der Waals surface area contributed by atoms with Crippen molar-refractivity contribution >= 4 is 23.4 Å². The van der Waals surface area contributed by atoms with Crippen molar-refractivity contribution in [3.8, 4) is 17.1 Å². The average Bonchev–Trinajstić information content (AvgIpc) is 3.12. The Labute approximate surface area is 176 Å². The molecule has 1 amide bonds. The van der Waals surface area contributed by atoms with Crippen LogP contribution in [0.4, 0.5) is 14.5 Å². The molecule has 158 valence electrons. The van der Waals surface area contributed by atoms with Gasteiger partial charge in [-0.3, -0.25) is 9.78 Å². The number of nitrogens with one attached hydrogen (secondary N) is 1. The Balaban J connectivity index is 1.75. The van der Waals surface area contributed by atoms with Crippen LogP contribution in [0.15, 0.2) is 53.9 Å². The number of aromatic nitrogens is 4. The van der Waals surface area contributed by atoms with E-state index >= 15 is 0 Å². The molecule has 0 aliphatic heterocycles. The maximum Gasteiger partial charge on any atom is 0.387 e. The molecule has 2 heterocycles. The molecule has 3 aromatic rings. The first-order valence-corrected chi connectivity index (χ1v) is 10.2. The minimum Gasteiger partial charge on any atom is -0.433 e. The number of thioether (sulfide) groups is 1. The molecule has 0 saturated heterocycles. The van der Waals surface area contributed by atoms with Gasteiger partial charge in [0.25, 0.3) is 0 Å². The summed E-state index contributed by atoms with van der Waals surface area (Å²) in [6.45, 7) is 1.47. The van der Waals surface area contributed by atoms with Crippen LogP contribution < -0.4 is 10.1 Å². The maximum absolute atomic E-state index is 12.7. The lowest BCUT2D eigenvalue weighted by atomic mass is 10.2. The number of carbonyl (C=O) groups is 1. The van der Waals surface area contributed by atoms with Gasteiger partial charge in [-0.25, -0.2) is 0 Å². The summed E-state index contributed by atoms with van der Waals surface area (Å²) in [4.78, 5) is 16.7. The number of nitrogens with zero attached hydrogens (tertiary/aromatic N) is 4. The summed E-state index contributed by atoms with van der Waals surface area (Å²) in [7, 11) is 0. The second-order valence-corrected chi connectivity index (χ2v) is 7.63. The zero-order valence-electron chi connectivity index (χ0n) is 16.5. The van der Waals surface area contributed by atoms with Crippen molar-refractivity contribution in [1.82, 2.24) is 19.7 Å². The average molecular weight is 433 g/mol. The first-order chi connectivity index (χ1) is 14.5. The van der Waals surface area contributed by atoms with E-state index < -0.39 is 11.9 Å². The van der Waals surface area contributed by atoms with Crippen molar-refractivity contribution in [2.75, 3.05) is 5.32 Å². The number of rotatable bonds is 9. The van der Waals surface area contributed by atoms with Crippen LogP contribution in [0, 0.1) is 0 Å². The van der Waals surface area contributed by atoms with Crippen molar-refractivity contribution in [1.29, 1.82) is 0 Å². The van der Waals surface area contributed by atoms with Gasteiger partial charge in [0, 0.05) is 24.5 Å². The van der Waals surface area contributed by atoms with E-state index in [-0.39, 0.29) is 17.3 Å². The number of amides is 1. The summed E-state index contributed by atoms with van der Waals surface area (Å²) in [5.41, 5.74) is 1.07. The number of benzene rings is 1. The van der Waals surface area contributed by atoms with Crippen LogP contribution in [0.3, 0.4) is 0 Å². The van der Waals surface area contributed by atoms with Gasteiger partial charge in [-0.1, -0.05) is 30.8 Å². The number of hydrogen-bond acceptors (Lipinski definition) is 6. The van der Waals surface area contributed by atoms with Crippen LogP contribution in [-0.4, -0.2) is 37.5 Å². The Morgan fingerprint density at radius 3 is 2.63 bits per heavy atom. The van der Waals surface area contributed by atoms with E-state index in [0.717, 1.165) is 12.0 Å². The fraction of sp³-hybridized carbons (Fsp3) is 0.300. The highest BCUT2D eigenvalue weighted by atomic mass is 32.2. The SMILES string of the molecule is CCCn1c(SC(C)C(=O)Nc2ccccc2OC(F)F)nnc1-c1ccncc1. The second-order valence-electron chi connectivity index (χ2n) is 6.32. The van der Waals surface area contributed by atoms with Crippen LogP contribution >= 0.6 is 11.8 Å². The van der Waals surface area contributed by atoms with E-state index in [9.17, 15) is 13.6 Å². The van der Waals surface area contributed by atoms with Crippen LogP contribution in [0.1, 0.15) is 20.3 Å². The van der Waals surface area contributed by atoms with E-state index in [1.54, 1.807) is 31.5 Å². The molecule has 0 radical (unpaired) electrons. The molecule has 1 N–H and O–H groups in total. The molecule has 1 unspecified atom stereocenters. The Morgan fingerprint density at radius 1 is 1.20 bits per heavy atom. The first-order valence-electron chi connectivity index (χ1n) is 9.34. The topological polar surface area (TPSA) is 81.9 Å². The fourth-order valence-electron chi connectivity index (χ4n) is 2.73. The maximum atomic E-state index is 12.7. The molecule has 0 aliphatic rings. The highest BCUT2D eigenvalue weighted by Gasteiger charge is 2.22. The third-order valence-electron chi connectivity index (χ3n) is 4.11. The van der Waals surface area contributed by atoms with Crippen molar-refractivity contribution in [3.05, 3.63) is 48.8 Å². The fourth-order valence-corrected chi connectivity index (χ4v) is 3.61. The standard InChI is InChI=1S/C20H21F2N5O2S/c1-3-12-27-17(14-8-10-23-11-9-14)25-26-20(27)30-13(2)18(28)24-15-6-4-5-7-16(15)29-19(21)22/h4-11,13,19H,3,12H2,1-2H3,(H,24,28). The minimum atomic E-state index is -2.98. The Morgan fingerprint density at radius 2 is 1.93 bits per heavy atom. The quantitative estimate of drug-likeness (QED) is 0.502. The van der Waals surface area contributed by atoms with E-state index in [0.29, 0.717) is 17.5 Å². The molecule has 0 spiro atoms. The molecule has 0 fully saturated rings. The third-order valence-corrected chi connectivity index (χ3v) is 5.20. The van der Waals surface area contributed by atoms with Crippen molar-refractivity contribution < 1.29 is 18.3 Å². The van der Waals surface area contributed by atoms with E-state index in [2.05, 4.69) is 25.2 Å². The van der Waals surface area contributed by atoms with Gasteiger partial charge in [0.15, 0.2) is 11.0 Å². The number of para-hydroxylation sites is 2. The van der Waals surface area contributed by atoms with Gasteiger partial charge >= 0.3 is 6.61 Å². The molecular formula is C20H21F2N5O2S. The molecule has 10 heteroatoms. The largest absolute Gasteiger partial charge is 0.433 e. The predicted octanol–water partition coefficient (Wildman–Crippen LogP) is 4.47. The number of alkyl halides is 2. The van der Waals surface area contributed by atoms with Gasteiger partial charge in [-0.15, -0.1) is 10.2 Å². The Bertz CT molecular complexity index is 984. The predicted molar refractivity (Wildman–Crippen MR) is 111 cm³/mol. The molecule has 0 aliphatic carbocycles. The van der Waals surface area contributed by atoms with Gasteiger partial charge in [0.05, 0.1) is 10.9 Å². The van der Waals surface area contributed by atoms with Crippen LogP contribution in [0.5, 0.6) is 5.75 Å². The highest BCUT2D eigenvalue weighted by molar-refractivity contribution is 8.00. The molecule has 3 rings (SSSR count). The number of anilines is 1. The zero-order chi connectivity index (χ0) is 21.5. The summed E-state index contributed by atoms with van der Waals surface area (Å²) in [5.74, 6) is 0.249. The van der Waals surface area contributed by atoms with Gasteiger partial charge in [-0.05, 0) is 37.6 Å². The normalized spacial score (nSPS) is 12.0. The van der Waals surface area contributed by atoms with Crippen LogP contribution in [0.2, 0.25) is 0 Å². The molecule has 7 nitrogen and oxygen atoms in total. The lowest BCUT2D eigenvalue weighted by molar-refractivity contribution is -0.115. The molecular weight excluding hydrogens is 412 g/mol. The number of halogens is 2. The van der Waals surface area contributed by atoms with Gasteiger partial charge in [0.1, 0.15) is 5.75 Å². The monoisotopic (exact) mass is 433 g/mol. The van der Waals surface area contributed by atoms with Crippen molar-refractivity contribution in [2.24, 2.45) is 0 Å². The van der Waals surface area contributed by atoms with Crippen LogP contribution in [-0.2, 0) is 11.3 Å². The van der Waals surface area contributed by atoms with E-state index in [1.165, 1.54) is 23.9 Å². The third kappa shape index (κ3) is 5.32.